The van der Waals surface area contributed by atoms with E-state index in [1.165, 1.54) is 0 Å². The van der Waals surface area contributed by atoms with Crippen molar-refractivity contribution in [2.75, 3.05) is 41.8 Å². The van der Waals surface area contributed by atoms with Crippen molar-refractivity contribution < 1.29 is 9.26 Å². The standard InChI is InChI=1S/C17H19N7O2/c1-12-10-15(23-26-12)20-17-21-16(11-18-22-17)19-13-4-2-3-5-14(13)24-6-8-25-9-7-24/h2-5,10-11H,6-9H2,1H3,(H2,19,20,21,22,23). The molecule has 0 bridgehead atoms. The molecule has 0 unspecified atom stereocenters. The normalized spacial score (nSPS) is 14.3. The number of para-hydroxylation sites is 2. The van der Waals surface area contributed by atoms with Gasteiger partial charge in [0.05, 0.1) is 30.8 Å². The van der Waals surface area contributed by atoms with Gasteiger partial charge in [0.1, 0.15) is 5.76 Å². The van der Waals surface area contributed by atoms with Gasteiger partial charge in [-0.25, -0.2) is 0 Å². The molecule has 0 aliphatic carbocycles. The molecule has 3 aromatic rings. The van der Waals surface area contributed by atoms with Gasteiger partial charge in [-0.3, -0.25) is 0 Å². The predicted octanol–water partition coefficient (Wildman–Crippen LogP) is 2.49. The van der Waals surface area contributed by atoms with E-state index in [2.05, 4.69) is 41.9 Å². The van der Waals surface area contributed by atoms with Crippen LogP contribution in [0, 0.1) is 6.92 Å². The summed E-state index contributed by atoms with van der Waals surface area (Å²) in [6, 6.07) is 9.87. The molecule has 1 aliphatic rings. The van der Waals surface area contributed by atoms with Crippen LogP contribution in [-0.2, 0) is 4.74 Å². The van der Waals surface area contributed by atoms with Crippen LogP contribution in [0.2, 0.25) is 0 Å². The molecule has 2 aromatic heterocycles. The average Bonchev–Trinajstić information content (AvgIpc) is 3.08. The van der Waals surface area contributed by atoms with Gasteiger partial charge in [0, 0.05) is 19.2 Å². The Morgan fingerprint density at radius 2 is 1.92 bits per heavy atom. The molecule has 0 saturated carbocycles. The Morgan fingerprint density at radius 1 is 1.08 bits per heavy atom. The summed E-state index contributed by atoms with van der Waals surface area (Å²) in [6.07, 6.45) is 1.58. The number of hydrogen-bond donors (Lipinski definition) is 2. The third-order valence-electron chi connectivity index (χ3n) is 3.95. The molecule has 1 saturated heterocycles. The number of ether oxygens (including phenoxy) is 1. The summed E-state index contributed by atoms with van der Waals surface area (Å²) in [5.74, 6) is 2.17. The van der Waals surface area contributed by atoms with Crippen LogP contribution in [0.15, 0.2) is 41.1 Å². The molecule has 26 heavy (non-hydrogen) atoms. The zero-order chi connectivity index (χ0) is 17.8. The lowest BCUT2D eigenvalue weighted by Crippen LogP contribution is -2.36. The van der Waals surface area contributed by atoms with E-state index in [0.29, 0.717) is 23.3 Å². The second-order valence-corrected chi connectivity index (χ2v) is 5.85. The third kappa shape index (κ3) is 3.72. The topological polar surface area (TPSA) is 101 Å². The Hall–Kier alpha value is -3.20. The van der Waals surface area contributed by atoms with Gasteiger partial charge in [0.2, 0.25) is 5.95 Å². The maximum atomic E-state index is 5.44. The highest BCUT2D eigenvalue weighted by Gasteiger charge is 2.15. The van der Waals surface area contributed by atoms with Gasteiger partial charge < -0.3 is 24.8 Å². The van der Waals surface area contributed by atoms with Crippen LogP contribution in [0.4, 0.5) is 29.0 Å². The fourth-order valence-electron chi connectivity index (χ4n) is 2.75. The number of aryl methyl sites for hydroxylation is 1. The monoisotopic (exact) mass is 353 g/mol. The summed E-state index contributed by atoms with van der Waals surface area (Å²) < 4.78 is 10.5. The Labute approximate surface area is 150 Å². The highest BCUT2D eigenvalue weighted by atomic mass is 16.5. The summed E-state index contributed by atoms with van der Waals surface area (Å²) in [7, 11) is 0. The molecule has 1 aliphatic heterocycles. The molecule has 1 fully saturated rings. The van der Waals surface area contributed by atoms with Gasteiger partial charge in [-0.05, 0) is 19.1 Å². The fourth-order valence-corrected chi connectivity index (χ4v) is 2.75. The van der Waals surface area contributed by atoms with Crippen LogP contribution >= 0.6 is 0 Å². The SMILES string of the molecule is Cc1cc(Nc2nncc(Nc3ccccc3N3CCOCC3)n2)no1. The van der Waals surface area contributed by atoms with E-state index in [4.69, 9.17) is 9.26 Å². The van der Waals surface area contributed by atoms with Gasteiger partial charge in [0.15, 0.2) is 11.6 Å². The number of hydrogen-bond acceptors (Lipinski definition) is 9. The summed E-state index contributed by atoms with van der Waals surface area (Å²) in [6.45, 7) is 5.00. The molecule has 0 spiro atoms. The third-order valence-corrected chi connectivity index (χ3v) is 3.95. The molecule has 0 amide bonds. The molecule has 0 atom stereocenters. The molecular weight excluding hydrogens is 334 g/mol. The molecule has 9 nitrogen and oxygen atoms in total. The summed E-state index contributed by atoms with van der Waals surface area (Å²) in [4.78, 5) is 6.73. The number of aromatic nitrogens is 4. The summed E-state index contributed by atoms with van der Waals surface area (Å²) in [5.41, 5.74) is 2.06. The van der Waals surface area contributed by atoms with Gasteiger partial charge in [-0.15, -0.1) is 5.10 Å². The Kier molecular flexibility index (Phi) is 4.61. The van der Waals surface area contributed by atoms with Crippen molar-refractivity contribution in [2.24, 2.45) is 0 Å². The number of benzene rings is 1. The van der Waals surface area contributed by atoms with Crippen molar-refractivity contribution in [1.82, 2.24) is 20.3 Å². The average molecular weight is 353 g/mol. The van der Waals surface area contributed by atoms with Gasteiger partial charge in [0.25, 0.3) is 0 Å². The van der Waals surface area contributed by atoms with Gasteiger partial charge >= 0.3 is 0 Å². The minimum Gasteiger partial charge on any atom is -0.378 e. The zero-order valence-corrected chi connectivity index (χ0v) is 14.3. The van der Waals surface area contributed by atoms with Crippen molar-refractivity contribution in [2.45, 2.75) is 6.92 Å². The number of nitrogens with zero attached hydrogens (tertiary/aromatic N) is 5. The Bertz CT molecular complexity index is 877. The second kappa shape index (κ2) is 7.36. The molecule has 1 aromatic carbocycles. The van der Waals surface area contributed by atoms with Crippen molar-refractivity contribution in [1.29, 1.82) is 0 Å². The maximum Gasteiger partial charge on any atom is 0.250 e. The van der Waals surface area contributed by atoms with E-state index >= 15 is 0 Å². The smallest absolute Gasteiger partial charge is 0.250 e. The maximum absolute atomic E-state index is 5.44. The van der Waals surface area contributed by atoms with E-state index in [9.17, 15) is 0 Å². The van der Waals surface area contributed by atoms with Gasteiger partial charge in [-0.2, -0.15) is 10.1 Å². The minimum absolute atomic E-state index is 0.340. The van der Waals surface area contributed by atoms with Crippen molar-refractivity contribution in [3.8, 4) is 0 Å². The highest BCUT2D eigenvalue weighted by molar-refractivity contribution is 5.74. The largest absolute Gasteiger partial charge is 0.378 e. The molecule has 3 heterocycles. The molecule has 4 rings (SSSR count). The lowest BCUT2D eigenvalue weighted by atomic mass is 10.2. The first-order chi connectivity index (χ1) is 12.8. The van der Waals surface area contributed by atoms with Crippen LogP contribution in [0.1, 0.15) is 5.76 Å². The second-order valence-electron chi connectivity index (χ2n) is 5.85. The van der Waals surface area contributed by atoms with E-state index in [1.54, 1.807) is 12.3 Å². The Morgan fingerprint density at radius 3 is 2.73 bits per heavy atom. The predicted molar refractivity (Wildman–Crippen MR) is 97.1 cm³/mol. The van der Waals surface area contributed by atoms with Crippen LogP contribution in [0.5, 0.6) is 0 Å². The number of morpholine rings is 1. The Balaban J connectivity index is 1.53. The summed E-state index contributed by atoms with van der Waals surface area (Å²) >= 11 is 0. The quantitative estimate of drug-likeness (QED) is 0.716. The van der Waals surface area contributed by atoms with Crippen molar-refractivity contribution >= 4 is 29.0 Å². The van der Waals surface area contributed by atoms with Crippen molar-refractivity contribution in [3.05, 3.63) is 42.3 Å². The van der Waals surface area contributed by atoms with E-state index in [1.807, 2.05) is 25.1 Å². The van der Waals surface area contributed by atoms with Crippen LogP contribution in [0.3, 0.4) is 0 Å². The van der Waals surface area contributed by atoms with Crippen LogP contribution < -0.4 is 15.5 Å². The first kappa shape index (κ1) is 16.3. The molecule has 9 heteroatoms. The van der Waals surface area contributed by atoms with Crippen LogP contribution in [0.25, 0.3) is 0 Å². The molecule has 0 radical (unpaired) electrons. The zero-order valence-electron chi connectivity index (χ0n) is 14.3. The lowest BCUT2D eigenvalue weighted by Gasteiger charge is -2.30. The minimum atomic E-state index is 0.340. The first-order valence-electron chi connectivity index (χ1n) is 8.37. The number of nitrogens with one attached hydrogen (secondary N) is 2. The van der Waals surface area contributed by atoms with E-state index < -0.39 is 0 Å². The van der Waals surface area contributed by atoms with E-state index in [-0.39, 0.29) is 0 Å². The fraction of sp³-hybridized carbons (Fsp3) is 0.294. The summed E-state index contributed by atoms with van der Waals surface area (Å²) in [5, 5.41) is 18.1. The first-order valence-corrected chi connectivity index (χ1v) is 8.37. The highest BCUT2D eigenvalue weighted by Crippen LogP contribution is 2.28. The molecular formula is C17H19N7O2. The van der Waals surface area contributed by atoms with Crippen molar-refractivity contribution in [3.63, 3.8) is 0 Å². The molecule has 134 valence electrons. The number of anilines is 5. The number of rotatable bonds is 5. The van der Waals surface area contributed by atoms with Crippen LogP contribution in [-0.4, -0.2) is 46.6 Å². The van der Waals surface area contributed by atoms with Gasteiger partial charge in [-0.1, -0.05) is 17.3 Å². The lowest BCUT2D eigenvalue weighted by molar-refractivity contribution is 0.123. The molecule has 2 N–H and O–H groups in total. The van der Waals surface area contributed by atoms with E-state index in [0.717, 1.165) is 37.7 Å².